The Labute approximate surface area is 164 Å². The number of aliphatic carboxylic acids is 1. The van der Waals surface area contributed by atoms with Crippen LogP contribution in [0.1, 0.15) is 43.9 Å². The van der Waals surface area contributed by atoms with Crippen molar-refractivity contribution in [3.63, 3.8) is 0 Å². The molecule has 0 aliphatic carbocycles. The molecule has 0 amide bonds. The highest BCUT2D eigenvalue weighted by molar-refractivity contribution is 5.74. The summed E-state index contributed by atoms with van der Waals surface area (Å²) < 4.78 is 25.4. The Morgan fingerprint density at radius 3 is 2.54 bits per heavy atom. The van der Waals surface area contributed by atoms with Crippen molar-refractivity contribution >= 4 is 5.97 Å². The van der Waals surface area contributed by atoms with Crippen molar-refractivity contribution in [1.29, 1.82) is 0 Å². The monoisotopic (exact) mass is 387 g/mol. The van der Waals surface area contributed by atoms with Crippen molar-refractivity contribution in [2.75, 3.05) is 19.8 Å². The van der Waals surface area contributed by atoms with Crippen LogP contribution in [0.5, 0.6) is 11.5 Å². The van der Waals surface area contributed by atoms with Gasteiger partial charge in [0.15, 0.2) is 11.5 Å². The predicted octanol–water partition coefficient (Wildman–Crippen LogP) is 4.26. The van der Waals surface area contributed by atoms with E-state index in [9.17, 15) is 14.3 Å². The van der Waals surface area contributed by atoms with Gasteiger partial charge in [-0.25, -0.2) is 4.39 Å². The molecule has 1 aliphatic heterocycles. The SMILES string of the molecule is CCOc1ccc(C(c2cccc(F)c2)N2CCCC2C(=O)O)cc1OCC. The van der Waals surface area contributed by atoms with Gasteiger partial charge in [0.2, 0.25) is 0 Å². The molecule has 0 spiro atoms. The lowest BCUT2D eigenvalue weighted by molar-refractivity contribution is -0.142. The first kappa shape index (κ1) is 20.1. The first-order valence-corrected chi connectivity index (χ1v) is 9.68. The van der Waals surface area contributed by atoms with Crippen LogP contribution >= 0.6 is 0 Å². The minimum absolute atomic E-state index is 0.343. The van der Waals surface area contributed by atoms with E-state index < -0.39 is 12.0 Å². The largest absolute Gasteiger partial charge is 0.490 e. The zero-order chi connectivity index (χ0) is 20.1. The third kappa shape index (κ3) is 4.28. The predicted molar refractivity (Wildman–Crippen MR) is 104 cm³/mol. The quantitative estimate of drug-likeness (QED) is 0.733. The molecule has 0 radical (unpaired) electrons. The second-order valence-electron chi connectivity index (χ2n) is 6.76. The number of carboxylic acids is 1. The smallest absolute Gasteiger partial charge is 0.320 e. The van der Waals surface area contributed by atoms with E-state index in [1.165, 1.54) is 12.1 Å². The zero-order valence-electron chi connectivity index (χ0n) is 16.2. The van der Waals surface area contributed by atoms with E-state index in [1.807, 2.05) is 43.0 Å². The van der Waals surface area contributed by atoms with Crippen molar-refractivity contribution in [1.82, 2.24) is 4.90 Å². The maximum absolute atomic E-state index is 14.0. The van der Waals surface area contributed by atoms with Gasteiger partial charge < -0.3 is 14.6 Å². The van der Waals surface area contributed by atoms with Crippen LogP contribution in [0.2, 0.25) is 0 Å². The van der Waals surface area contributed by atoms with Gasteiger partial charge in [-0.3, -0.25) is 9.69 Å². The number of benzene rings is 2. The minimum atomic E-state index is -0.852. The molecule has 0 saturated carbocycles. The van der Waals surface area contributed by atoms with Gasteiger partial charge in [0, 0.05) is 6.54 Å². The molecular weight excluding hydrogens is 361 g/mol. The summed E-state index contributed by atoms with van der Waals surface area (Å²) in [5.41, 5.74) is 1.57. The van der Waals surface area contributed by atoms with E-state index in [1.54, 1.807) is 6.07 Å². The Morgan fingerprint density at radius 2 is 1.86 bits per heavy atom. The number of nitrogens with zero attached hydrogens (tertiary/aromatic N) is 1. The van der Waals surface area contributed by atoms with Gasteiger partial charge in [-0.05, 0) is 62.1 Å². The molecule has 3 rings (SSSR count). The van der Waals surface area contributed by atoms with Crippen LogP contribution < -0.4 is 9.47 Å². The molecule has 2 unspecified atom stereocenters. The van der Waals surface area contributed by atoms with E-state index in [4.69, 9.17) is 9.47 Å². The molecule has 0 aromatic heterocycles. The van der Waals surface area contributed by atoms with Gasteiger partial charge in [-0.1, -0.05) is 18.2 Å². The van der Waals surface area contributed by atoms with Crippen LogP contribution in [0, 0.1) is 5.82 Å². The topological polar surface area (TPSA) is 59.0 Å². The number of halogens is 1. The number of hydrogen-bond acceptors (Lipinski definition) is 4. The Bertz CT molecular complexity index is 826. The van der Waals surface area contributed by atoms with Crippen molar-refractivity contribution in [2.45, 2.75) is 38.8 Å². The fraction of sp³-hybridized carbons (Fsp3) is 0.409. The lowest BCUT2D eigenvalue weighted by Crippen LogP contribution is -2.39. The van der Waals surface area contributed by atoms with Gasteiger partial charge in [-0.2, -0.15) is 0 Å². The Kier molecular flexibility index (Phi) is 6.52. The standard InChI is InChI=1S/C22H26FNO4/c1-3-27-19-11-10-16(14-20(19)28-4-2)21(15-7-5-8-17(23)13-15)24-12-6-9-18(24)22(25)26/h5,7-8,10-11,13-14,18,21H,3-4,6,9,12H2,1-2H3,(H,25,26). The van der Waals surface area contributed by atoms with Crippen LogP contribution in [0.4, 0.5) is 4.39 Å². The van der Waals surface area contributed by atoms with Gasteiger partial charge in [-0.15, -0.1) is 0 Å². The summed E-state index contributed by atoms with van der Waals surface area (Å²) in [4.78, 5) is 13.7. The number of carboxylic acid groups (broad SMARTS) is 1. The summed E-state index contributed by atoms with van der Waals surface area (Å²) in [6.45, 7) is 5.43. The van der Waals surface area contributed by atoms with E-state index in [2.05, 4.69) is 0 Å². The van der Waals surface area contributed by atoms with Crippen LogP contribution in [0.3, 0.4) is 0 Å². The van der Waals surface area contributed by atoms with Crippen LogP contribution in [0.15, 0.2) is 42.5 Å². The average molecular weight is 387 g/mol. The molecule has 1 N–H and O–H groups in total. The summed E-state index contributed by atoms with van der Waals surface area (Å²) in [6, 6.07) is 11.0. The molecule has 1 heterocycles. The van der Waals surface area contributed by atoms with Crippen molar-refractivity contribution in [3.05, 3.63) is 59.4 Å². The van der Waals surface area contributed by atoms with Gasteiger partial charge >= 0.3 is 5.97 Å². The number of likely N-dealkylation sites (tertiary alicyclic amines) is 1. The molecule has 2 aromatic carbocycles. The molecule has 2 aromatic rings. The molecular formula is C22H26FNO4. The van der Waals surface area contributed by atoms with Gasteiger partial charge in [0.05, 0.1) is 19.3 Å². The van der Waals surface area contributed by atoms with Gasteiger partial charge in [0.1, 0.15) is 11.9 Å². The number of hydrogen-bond donors (Lipinski definition) is 1. The van der Waals surface area contributed by atoms with Crippen molar-refractivity contribution in [3.8, 4) is 11.5 Å². The molecule has 28 heavy (non-hydrogen) atoms. The second-order valence-corrected chi connectivity index (χ2v) is 6.76. The Balaban J connectivity index is 2.08. The number of carbonyl (C=O) groups is 1. The maximum atomic E-state index is 14.0. The first-order valence-electron chi connectivity index (χ1n) is 9.68. The minimum Gasteiger partial charge on any atom is -0.490 e. The Hall–Kier alpha value is -2.60. The molecule has 1 aliphatic rings. The van der Waals surface area contributed by atoms with Crippen LogP contribution in [0.25, 0.3) is 0 Å². The normalized spacial score (nSPS) is 18.0. The van der Waals surface area contributed by atoms with E-state index >= 15 is 0 Å². The lowest BCUT2D eigenvalue weighted by Gasteiger charge is -2.32. The van der Waals surface area contributed by atoms with Crippen molar-refractivity contribution in [2.24, 2.45) is 0 Å². The van der Waals surface area contributed by atoms with Crippen molar-refractivity contribution < 1.29 is 23.8 Å². The molecule has 150 valence electrons. The summed E-state index contributed by atoms with van der Waals surface area (Å²) >= 11 is 0. The average Bonchev–Trinajstić information content (AvgIpc) is 3.14. The zero-order valence-corrected chi connectivity index (χ0v) is 16.2. The summed E-state index contributed by atoms with van der Waals surface area (Å²) in [5, 5.41) is 9.67. The molecule has 5 nitrogen and oxygen atoms in total. The summed E-state index contributed by atoms with van der Waals surface area (Å²) in [7, 11) is 0. The molecule has 2 atom stereocenters. The lowest BCUT2D eigenvalue weighted by atomic mass is 9.95. The third-order valence-corrected chi connectivity index (χ3v) is 4.96. The first-order chi connectivity index (χ1) is 13.5. The second kappa shape index (κ2) is 9.06. The highest BCUT2D eigenvalue weighted by Crippen LogP contribution is 2.39. The fourth-order valence-electron chi connectivity index (χ4n) is 3.85. The highest BCUT2D eigenvalue weighted by atomic mass is 19.1. The van der Waals surface area contributed by atoms with E-state index in [0.717, 1.165) is 17.5 Å². The third-order valence-electron chi connectivity index (χ3n) is 4.96. The summed E-state index contributed by atoms with van der Waals surface area (Å²) in [6.07, 6.45) is 1.37. The van der Waals surface area contributed by atoms with Crippen LogP contribution in [-0.4, -0.2) is 41.8 Å². The molecule has 1 saturated heterocycles. The molecule has 1 fully saturated rings. The summed E-state index contributed by atoms with van der Waals surface area (Å²) in [5.74, 6) is 0.0519. The molecule has 0 bridgehead atoms. The molecule has 6 heteroatoms. The highest BCUT2D eigenvalue weighted by Gasteiger charge is 2.37. The fourth-order valence-corrected chi connectivity index (χ4v) is 3.85. The van der Waals surface area contributed by atoms with E-state index in [0.29, 0.717) is 37.7 Å². The van der Waals surface area contributed by atoms with Crippen LogP contribution in [-0.2, 0) is 4.79 Å². The van der Waals surface area contributed by atoms with E-state index in [-0.39, 0.29) is 11.9 Å². The number of ether oxygens (including phenoxy) is 2. The van der Waals surface area contributed by atoms with Gasteiger partial charge in [0.25, 0.3) is 0 Å². The number of rotatable bonds is 8. The maximum Gasteiger partial charge on any atom is 0.320 e. The Morgan fingerprint density at radius 1 is 1.14 bits per heavy atom.